The highest BCUT2D eigenvalue weighted by Gasteiger charge is 2.42. The zero-order valence-electron chi connectivity index (χ0n) is 15.0. The topological polar surface area (TPSA) is 24.3 Å². The molecule has 3 heterocycles. The minimum Gasteiger partial charge on any atom is -0.299 e. The lowest BCUT2D eigenvalue weighted by atomic mass is 9.84. The van der Waals surface area contributed by atoms with Gasteiger partial charge in [0.15, 0.2) is 0 Å². The third kappa shape index (κ3) is 3.62. The van der Waals surface area contributed by atoms with Crippen molar-refractivity contribution < 1.29 is 4.39 Å². The molecule has 0 amide bonds. The summed E-state index contributed by atoms with van der Waals surface area (Å²) in [6.07, 6.45) is 7.02. The molecule has 0 saturated carbocycles. The molecule has 1 aromatic heterocycles. The normalized spacial score (nSPS) is 21.2. The minimum absolute atomic E-state index is 0.136. The number of hydrogen-bond acceptors (Lipinski definition) is 3. The van der Waals surface area contributed by atoms with Gasteiger partial charge in [0.25, 0.3) is 0 Å². The van der Waals surface area contributed by atoms with E-state index in [-0.39, 0.29) is 5.82 Å². The molecule has 1 aromatic carbocycles. The molecule has 2 aliphatic heterocycles. The molecule has 4 nitrogen and oxygen atoms in total. The average molecular weight is 342 g/mol. The van der Waals surface area contributed by atoms with Crippen LogP contribution in [0.2, 0.25) is 0 Å². The predicted octanol–water partition coefficient (Wildman–Crippen LogP) is 3.19. The molecule has 0 radical (unpaired) electrons. The van der Waals surface area contributed by atoms with Gasteiger partial charge in [0.05, 0.1) is 5.69 Å². The minimum atomic E-state index is -0.136. The summed E-state index contributed by atoms with van der Waals surface area (Å²) in [5.41, 5.74) is 2.59. The summed E-state index contributed by atoms with van der Waals surface area (Å²) in [5.74, 6) is -0.136. The third-order valence-electron chi connectivity index (χ3n) is 5.94. The molecule has 0 N–H and O–H groups in total. The van der Waals surface area contributed by atoms with Gasteiger partial charge < -0.3 is 0 Å². The zero-order valence-corrected chi connectivity index (χ0v) is 15.0. The molecule has 25 heavy (non-hydrogen) atoms. The summed E-state index contributed by atoms with van der Waals surface area (Å²) >= 11 is 0. The largest absolute Gasteiger partial charge is 0.299 e. The summed E-state index contributed by atoms with van der Waals surface area (Å²) in [6, 6.07) is 9.14. The number of nitrogens with zero attached hydrogens (tertiary/aromatic N) is 4. The number of aryl methyl sites for hydroxylation is 1. The first-order valence-corrected chi connectivity index (χ1v) is 9.33. The molecule has 0 bridgehead atoms. The van der Waals surface area contributed by atoms with Crippen LogP contribution in [0.15, 0.2) is 36.5 Å². The van der Waals surface area contributed by atoms with Crippen LogP contribution in [-0.2, 0) is 20.1 Å². The van der Waals surface area contributed by atoms with Gasteiger partial charge in [-0.1, -0.05) is 12.1 Å². The highest BCUT2D eigenvalue weighted by molar-refractivity contribution is 5.16. The van der Waals surface area contributed by atoms with Gasteiger partial charge in [0, 0.05) is 45.0 Å². The van der Waals surface area contributed by atoms with Crippen molar-refractivity contribution in [3.05, 3.63) is 53.6 Å². The van der Waals surface area contributed by atoms with Crippen LogP contribution in [0.3, 0.4) is 0 Å². The van der Waals surface area contributed by atoms with Gasteiger partial charge in [-0.2, -0.15) is 5.10 Å². The van der Waals surface area contributed by atoms with Crippen molar-refractivity contribution in [1.82, 2.24) is 19.6 Å². The van der Waals surface area contributed by atoms with Crippen LogP contribution < -0.4 is 0 Å². The monoisotopic (exact) mass is 342 g/mol. The molecule has 0 atom stereocenters. The number of rotatable bonds is 4. The van der Waals surface area contributed by atoms with E-state index in [1.165, 1.54) is 44.0 Å². The van der Waals surface area contributed by atoms with Crippen molar-refractivity contribution in [3.63, 3.8) is 0 Å². The maximum atomic E-state index is 13.4. The van der Waals surface area contributed by atoms with Crippen molar-refractivity contribution in [1.29, 1.82) is 0 Å². The summed E-state index contributed by atoms with van der Waals surface area (Å²) < 4.78 is 15.3. The number of halogens is 1. The quantitative estimate of drug-likeness (QED) is 0.853. The van der Waals surface area contributed by atoms with Crippen LogP contribution in [0.25, 0.3) is 0 Å². The smallest absolute Gasteiger partial charge is 0.123 e. The van der Waals surface area contributed by atoms with Gasteiger partial charge >= 0.3 is 0 Å². The van der Waals surface area contributed by atoms with E-state index in [0.717, 1.165) is 31.7 Å². The molecule has 0 aliphatic carbocycles. The molecular weight excluding hydrogens is 315 g/mol. The summed E-state index contributed by atoms with van der Waals surface area (Å²) in [7, 11) is 1.98. The second-order valence-corrected chi connectivity index (χ2v) is 7.64. The van der Waals surface area contributed by atoms with Gasteiger partial charge in [-0.05, 0) is 56.0 Å². The summed E-state index contributed by atoms with van der Waals surface area (Å²) in [4.78, 5) is 5.13. The van der Waals surface area contributed by atoms with E-state index in [0.29, 0.717) is 5.54 Å². The second kappa shape index (κ2) is 6.89. The molecule has 1 spiro atoms. The number of piperidine rings is 1. The molecule has 2 aromatic rings. The Bertz CT molecular complexity index is 718. The van der Waals surface area contributed by atoms with Crippen LogP contribution in [0.4, 0.5) is 4.39 Å². The molecule has 0 unspecified atom stereocenters. The standard InChI is InChI=1S/C20H27FN4/c1-23-11-6-19(22-23)16-25-10-3-7-20(25)8-12-24(13-9-20)15-17-4-2-5-18(21)14-17/h2,4-6,11,14H,3,7-10,12-13,15-16H2,1H3. The fourth-order valence-electron chi connectivity index (χ4n) is 4.57. The van der Waals surface area contributed by atoms with E-state index in [2.05, 4.69) is 21.0 Å². The summed E-state index contributed by atoms with van der Waals surface area (Å²) in [6.45, 7) is 5.18. The predicted molar refractivity (Wildman–Crippen MR) is 96.5 cm³/mol. The first kappa shape index (κ1) is 16.7. The van der Waals surface area contributed by atoms with Crippen LogP contribution in [-0.4, -0.2) is 44.8 Å². The fourth-order valence-corrected chi connectivity index (χ4v) is 4.57. The Kier molecular flexibility index (Phi) is 4.61. The lowest BCUT2D eigenvalue weighted by molar-refractivity contribution is 0.0441. The van der Waals surface area contributed by atoms with Crippen molar-refractivity contribution in [3.8, 4) is 0 Å². The lowest BCUT2D eigenvalue weighted by Gasteiger charge is -2.45. The SMILES string of the molecule is Cn1ccc(CN2CCCC23CCN(Cc2cccc(F)c2)CC3)n1. The van der Waals surface area contributed by atoms with Crippen molar-refractivity contribution in [2.24, 2.45) is 7.05 Å². The Hall–Kier alpha value is -1.72. The number of aromatic nitrogens is 2. The van der Waals surface area contributed by atoms with Crippen molar-refractivity contribution in [2.45, 2.75) is 44.3 Å². The molecule has 2 saturated heterocycles. The van der Waals surface area contributed by atoms with E-state index in [4.69, 9.17) is 0 Å². The van der Waals surface area contributed by atoms with Crippen molar-refractivity contribution in [2.75, 3.05) is 19.6 Å². The molecule has 2 aliphatic rings. The Labute approximate surface area is 149 Å². The number of hydrogen-bond donors (Lipinski definition) is 0. The van der Waals surface area contributed by atoms with Gasteiger partial charge in [0.2, 0.25) is 0 Å². The van der Waals surface area contributed by atoms with Gasteiger partial charge in [-0.15, -0.1) is 0 Å². The highest BCUT2D eigenvalue weighted by Crippen LogP contribution is 2.39. The number of benzene rings is 1. The first-order valence-electron chi connectivity index (χ1n) is 9.33. The first-order chi connectivity index (χ1) is 12.1. The van der Waals surface area contributed by atoms with Gasteiger partial charge in [0.1, 0.15) is 5.82 Å². The van der Waals surface area contributed by atoms with E-state index in [1.807, 2.05) is 30.1 Å². The molecule has 4 rings (SSSR count). The maximum Gasteiger partial charge on any atom is 0.123 e. The third-order valence-corrected chi connectivity index (χ3v) is 5.94. The van der Waals surface area contributed by atoms with Crippen LogP contribution in [0.5, 0.6) is 0 Å². The fraction of sp³-hybridized carbons (Fsp3) is 0.550. The van der Waals surface area contributed by atoms with E-state index in [1.54, 1.807) is 6.07 Å². The Balaban J connectivity index is 1.37. The van der Waals surface area contributed by atoms with E-state index >= 15 is 0 Å². The van der Waals surface area contributed by atoms with Gasteiger partial charge in [-0.3, -0.25) is 14.5 Å². The van der Waals surface area contributed by atoms with Crippen LogP contribution >= 0.6 is 0 Å². The number of likely N-dealkylation sites (tertiary alicyclic amines) is 2. The highest BCUT2D eigenvalue weighted by atomic mass is 19.1. The second-order valence-electron chi connectivity index (χ2n) is 7.64. The molecule has 134 valence electrons. The Morgan fingerprint density at radius 3 is 2.64 bits per heavy atom. The lowest BCUT2D eigenvalue weighted by Crippen LogP contribution is -2.51. The van der Waals surface area contributed by atoms with E-state index in [9.17, 15) is 4.39 Å². The van der Waals surface area contributed by atoms with Crippen LogP contribution in [0, 0.1) is 5.82 Å². The molecule has 2 fully saturated rings. The van der Waals surface area contributed by atoms with Crippen LogP contribution in [0.1, 0.15) is 36.9 Å². The van der Waals surface area contributed by atoms with Gasteiger partial charge in [-0.25, -0.2) is 4.39 Å². The molecular formula is C20H27FN4. The van der Waals surface area contributed by atoms with E-state index < -0.39 is 0 Å². The maximum absolute atomic E-state index is 13.4. The summed E-state index contributed by atoms with van der Waals surface area (Å²) in [5, 5.41) is 4.56. The average Bonchev–Trinajstić information content (AvgIpc) is 3.17. The van der Waals surface area contributed by atoms with Crippen molar-refractivity contribution >= 4 is 0 Å². The molecule has 5 heteroatoms. The Morgan fingerprint density at radius 2 is 1.92 bits per heavy atom. The zero-order chi connectivity index (χ0) is 17.3. The Morgan fingerprint density at radius 1 is 1.08 bits per heavy atom.